The van der Waals surface area contributed by atoms with Gasteiger partial charge in [-0.3, -0.25) is 9.79 Å². The van der Waals surface area contributed by atoms with Crippen LogP contribution in [0.5, 0.6) is 0 Å². The highest BCUT2D eigenvalue weighted by atomic mass is 19.4. The average Bonchev–Trinajstić information content (AvgIpc) is 2.98. The smallest absolute Gasteiger partial charge is 0.417 e. The monoisotopic (exact) mass is 420 g/mol. The normalized spacial score (nSPS) is 26.2. The average molecular weight is 420 g/mol. The topological polar surface area (TPSA) is 41.9 Å². The Morgan fingerprint density at radius 2 is 2.00 bits per heavy atom. The van der Waals surface area contributed by atoms with Crippen LogP contribution in [0.3, 0.4) is 0 Å². The Morgan fingerprint density at radius 1 is 1.28 bits per heavy atom. The van der Waals surface area contributed by atoms with E-state index in [4.69, 9.17) is 0 Å². The Balaban J connectivity index is 1.87. The molecule has 0 amide bonds. The number of alkyl halides is 6. The third-order valence-electron chi connectivity index (χ3n) is 4.93. The lowest BCUT2D eigenvalue weighted by Crippen LogP contribution is -2.42. The fraction of sp³-hybridized carbons (Fsp3) is 0.333. The summed E-state index contributed by atoms with van der Waals surface area (Å²) >= 11 is 0. The molecule has 154 valence electrons. The third kappa shape index (κ3) is 3.08. The number of carbonyl (C=O) groups excluding carboxylic acids is 1. The van der Waals surface area contributed by atoms with Crippen molar-refractivity contribution in [2.24, 2.45) is 4.99 Å². The van der Waals surface area contributed by atoms with E-state index in [2.05, 4.69) is 9.73 Å². The summed E-state index contributed by atoms with van der Waals surface area (Å²) in [6, 6.07) is 3.52. The summed E-state index contributed by atoms with van der Waals surface area (Å²) in [5.74, 6) is -3.32. The van der Waals surface area contributed by atoms with Gasteiger partial charge in [-0.15, -0.1) is 0 Å². The summed E-state index contributed by atoms with van der Waals surface area (Å²) in [5, 5.41) is 0. The zero-order valence-corrected chi connectivity index (χ0v) is 14.3. The molecule has 4 rings (SSSR count). The molecular weight excluding hydrogens is 409 g/mol. The second-order valence-electron chi connectivity index (χ2n) is 6.76. The first-order valence-electron chi connectivity index (χ1n) is 8.31. The fourth-order valence-electron chi connectivity index (χ4n) is 3.78. The van der Waals surface area contributed by atoms with Crippen molar-refractivity contribution in [3.8, 4) is 0 Å². The van der Waals surface area contributed by atoms with E-state index in [9.17, 15) is 35.5 Å². The predicted octanol–water partition coefficient (Wildman–Crippen LogP) is 4.24. The molecule has 1 aliphatic carbocycles. The van der Waals surface area contributed by atoms with E-state index in [0.29, 0.717) is 12.3 Å². The molecule has 11 heteroatoms. The van der Waals surface area contributed by atoms with Crippen molar-refractivity contribution in [3.63, 3.8) is 0 Å². The van der Waals surface area contributed by atoms with E-state index in [1.807, 2.05) is 0 Å². The summed E-state index contributed by atoms with van der Waals surface area (Å²) in [6.45, 7) is -3.84. The van der Waals surface area contributed by atoms with E-state index in [0.717, 1.165) is 11.0 Å². The first-order valence-corrected chi connectivity index (χ1v) is 8.31. The number of benzene rings is 1. The van der Waals surface area contributed by atoms with Gasteiger partial charge in [0.05, 0.1) is 17.7 Å². The number of nitrogens with zero attached hydrogens (tertiary/aromatic N) is 2. The van der Waals surface area contributed by atoms with Crippen LogP contribution >= 0.6 is 0 Å². The van der Waals surface area contributed by atoms with Gasteiger partial charge in [0, 0.05) is 12.6 Å². The second-order valence-corrected chi connectivity index (χ2v) is 6.76. The molecule has 0 N–H and O–H groups in total. The molecule has 0 bridgehead atoms. The van der Waals surface area contributed by atoms with Crippen LogP contribution in [0.25, 0.3) is 0 Å². The van der Waals surface area contributed by atoms with Crippen LogP contribution in [0.15, 0.2) is 46.8 Å². The van der Waals surface area contributed by atoms with E-state index in [1.54, 1.807) is 0 Å². The standard InChI is InChI=1S/C18H11F7N2O2/c19-10-3-1-2-9-13(10)14(28)11(20)5-17(9)7-27-6-8(18(23,24)25)4-12(15(27)26-17)29-16(21)22/h1-4,6,11,16H,5,7H2/t11-,17?/m1/s1. The van der Waals surface area contributed by atoms with Crippen molar-refractivity contribution < 1.29 is 40.3 Å². The Bertz CT molecular complexity index is 983. The lowest BCUT2D eigenvalue weighted by molar-refractivity contribution is -0.0981. The van der Waals surface area contributed by atoms with Crippen LogP contribution < -0.4 is 0 Å². The molecular formula is C18H11F7N2O2. The van der Waals surface area contributed by atoms with Crippen LogP contribution in [-0.4, -0.2) is 42.0 Å². The molecule has 1 aromatic carbocycles. The number of hydrogen-bond donors (Lipinski definition) is 0. The second kappa shape index (κ2) is 6.33. The molecule has 0 fully saturated rings. The van der Waals surface area contributed by atoms with Crippen molar-refractivity contribution in [3.05, 3.63) is 58.8 Å². The number of aliphatic imine (C=N–C) groups is 1. The molecule has 0 aromatic heterocycles. The molecule has 1 spiro atoms. The highest BCUT2D eigenvalue weighted by molar-refractivity contribution is 6.05. The number of ether oxygens (including phenoxy) is 1. The molecule has 0 saturated heterocycles. The summed E-state index contributed by atoms with van der Waals surface area (Å²) in [6.07, 6.45) is -6.59. The van der Waals surface area contributed by atoms with E-state index < -0.39 is 66.0 Å². The van der Waals surface area contributed by atoms with Crippen molar-refractivity contribution in [1.82, 2.24) is 4.90 Å². The number of ketones is 1. The number of halogens is 7. The zero-order valence-electron chi connectivity index (χ0n) is 14.3. The van der Waals surface area contributed by atoms with E-state index in [-0.39, 0.29) is 11.4 Å². The molecule has 29 heavy (non-hydrogen) atoms. The van der Waals surface area contributed by atoms with Crippen molar-refractivity contribution in [1.29, 1.82) is 0 Å². The maximum atomic E-state index is 14.4. The molecule has 0 saturated carbocycles. The van der Waals surface area contributed by atoms with Gasteiger partial charge in [0.25, 0.3) is 0 Å². The van der Waals surface area contributed by atoms with Gasteiger partial charge >= 0.3 is 12.8 Å². The predicted molar refractivity (Wildman–Crippen MR) is 85.4 cm³/mol. The lowest BCUT2D eigenvalue weighted by atomic mass is 9.75. The minimum atomic E-state index is -4.87. The van der Waals surface area contributed by atoms with Gasteiger partial charge in [0.1, 0.15) is 11.4 Å². The molecule has 2 atom stereocenters. The summed E-state index contributed by atoms with van der Waals surface area (Å²) in [5.41, 5.74) is -3.47. The number of amidine groups is 1. The van der Waals surface area contributed by atoms with Gasteiger partial charge in [-0.05, 0) is 17.7 Å². The quantitative estimate of drug-likeness (QED) is 0.673. The zero-order chi connectivity index (χ0) is 21.1. The summed E-state index contributed by atoms with van der Waals surface area (Å²) < 4.78 is 97.9. The maximum Gasteiger partial charge on any atom is 0.417 e. The van der Waals surface area contributed by atoms with Gasteiger partial charge in [-0.2, -0.15) is 22.0 Å². The minimum absolute atomic E-state index is 0.0170. The molecule has 1 unspecified atom stereocenters. The number of allylic oxidation sites excluding steroid dienone is 2. The van der Waals surface area contributed by atoms with Crippen LogP contribution in [0, 0.1) is 5.82 Å². The van der Waals surface area contributed by atoms with Crippen molar-refractivity contribution in [2.75, 3.05) is 6.54 Å². The highest BCUT2D eigenvalue weighted by Gasteiger charge is 2.52. The Hall–Kier alpha value is -2.85. The Labute approximate surface area is 159 Å². The van der Waals surface area contributed by atoms with Gasteiger partial charge in [0.2, 0.25) is 0 Å². The van der Waals surface area contributed by atoms with Crippen LogP contribution in [0.1, 0.15) is 22.3 Å². The lowest BCUT2D eigenvalue weighted by Gasteiger charge is -2.34. The molecule has 2 heterocycles. The molecule has 1 aromatic rings. The SMILES string of the molecule is O=C1c2c(F)cccc2C2(C[C@H]1F)CN1C=C(C(F)(F)F)C=C(OC(F)F)C1=N2. The van der Waals surface area contributed by atoms with Gasteiger partial charge in [-0.25, -0.2) is 8.78 Å². The highest BCUT2D eigenvalue weighted by Crippen LogP contribution is 2.46. The number of hydrogen-bond acceptors (Lipinski definition) is 4. The van der Waals surface area contributed by atoms with E-state index >= 15 is 0 Å². The number of Topliss-reactive ketones (excluding diaryl/α,β-unsaturated/α-hetero) is 1. The Morgan fingerprint density at radius 3 is 2.66 bits per heavy atom. The number of carbonyl (C=O) groups is 1. The summed E-state index contributed by atoms with van der Waals surface area (Å²) in [4.78, 5) is 17.2. The molecule has 4 nitrogen and oxygen atoms in total. The number of rotatable bonds is 2. The Kier molecular flexibility index (Phi) is 4.25. The first-order chi connectivity index (χ1) is 13.5. The summed E-state index contributed by atoms with van der Waals surface area (Å²) in [7, 11) is 0. The molecule has 0 radical (unpaired) electrons. The van der Waals surface area contributed by atoms with Gasteiger partial charge < -0.3 is 9.64 Å². The number of fused-ring (bicyclic) bond motifs is 3. The van der Waals surface area contributed by atoms with Crippen LogP contribution in [-0.2, 0) is 10.3 Å². The van der Waals surface area contributed by atoms with E-state index in [1.165, 1.54) is 12.1 Å². The minimum Gasteiger partial charge on any atom is -0.431 e. The van der Waals surface area contributed by atoms with Crippen LogP contribution in [0.4, 0.5) is 30.7 Å². The molecule has 3 aliphatic rings. The largest absolute Gasteiger partial charge is 0.431 e. The van der Waals surface area contributed by atoms with Crippen LogP contribution in [0.2, 0.25) is 0 Å². The third-order valence-corrected chi connectivity index (χ3v) is 4.93. The first kappa shape index (κ1) is 19.5. The molecule has 2 aliphatic heterocycles. The van der Waals surface area contributed by atoms with Crippen molar-refractivity contribution in [2.45, 2.75) is 30.9 Å². The fourth-order valence-corrected chi connectivity index (χ4v) is 3.78. The van der Waals surface area contributed by atoms with Crippen molar-refractivity contribution >= 4 is 11.6 Å². The van der Waals surface area contributed by atoms with Gasteiger partial charge in [-0.1, -0.05) is 12.1 Å². The van der Waals surface area contributed by atoms with Gasteiger partial charge in [0.15, 0.2) is 23.5 Å². The maximum absolute atomic E-state index is 14.4.